The van der Waals surface area contributed by atoms with E-state index in [1.807, 2.05) is 25.1 Å². The molecule has 0 unspecified atom stereocenters. The fourth-order valence-corrected chi connectivity index (χ4v) is 0.992. The highest BCUT2D eigenvalue weighted by molar-refractivity contribution is 5.55. The van der Waals surface area contributed by atoms with Crippen LogP contribution >= 0.6 is 0 Å². The summed E-state index contributed by atoms with van der Waals surface area (Å²) in [5.41, 5.74) is 4.51. The van der Waals surface area contributed by atoms with Crippen LogP contribution in [0.4, 0.5) is 5.69 Å². The summed E-state index contributed by atoms with van der Waals surface area (Å²) >= 11 is 0. The van der Waals surface area contributed by atoms with E-state index in [0.29, 0.717) is 0 Å². The Labute approximate surface area is 66.1 Å². The van der Waals surface area contributed by atoms with Crippen molar-refractivity contribution in [2.45, 2.75) is 6.92 Å². The van der Waals surface area contributed by atoms with Gasteiger partial charge in [0.2, 0.25) is 0 Å². The van der Waals surface area contributed by atoms with Gasteiger partial charge in [-0.05, 0) is 19.1 Å². The number of hydrogen-bond acceptors (Lipinski definition) is 3. The minimum Gasteiger partial charge on any atom is -0.496 e. The van der Waals surface area contributed by atoms with Crippen LogP contribution in [-0.2, 0) is 0 Å². The standard InChI is InChI=1S/C8H12N2O/c1-6-7(10-9)4-3-5-8(6)11-2/h3-5,10H,9H2,1-2H3. The van der Waals surface area contributed by atoms with Crippen molar-refractivity contribution in [1.82, 2.24) is 0 Å². The summed E-state index contributed by atoms with van der Waals surface area (Å²) in [6, 6.07) is 5.69. The molecule has 0 saturated heterocycles. The topological polar surface area (TPSA) is 47.3 Å². The highest BCUT2D eigenvalue weighted by atomic mass is 16.5. The minimum atomic E-state index is 0.848. The number of nitrogen functional groups attached to an aromatic ring is 1. The lowest BCUT2D eigenvalue weighted by Crippen LogP contribution is -2.08. The van der Waals surface area contributed by atoms with E-state index in [2.05, 4.69) is 5.43 Å². The third-order valence-corrected chi connectivity index (χ3v) is 1.66. The van der Waals surface area contributed by atoms with Crippen molar-refractivity contribution >= 4 is 5.69 Å². The van der Waals surface area contributed by atoms with Gasteiger partial charge in [-0.3, -0.25) is 5.84 Å². The van der Waals surface area contributed by atoms with E-state index < -0.39 is 0 Å². The normalized spacial score (nSPS) is 9.36. The summed E-state index contributed by atoms with van der Waals surface area (Å²) < 4.78 is 5.09. The van der Waals surface area contributed by atoms with Crippen LogP contribution in [0.5, 0.6) is 5.75 Å². The molecule has 0 atom stereocenters. The second-order valence-corrected chi connectivity index (χ2v) is 2.28. The van der Waals surface area contributed by atoms with Gasteiger partial charge in [-0.15, -0.1) is 0 Å². The molecule has 0 amide bonds. The van der Waals surface area contributed by atoms with E-state index in [1.165, 1.54) is 0 Å². The molecule has 0 heterocycles. The van der Waals surface area contributed by atoms with Crippen molar-refractivity contribution in [3.63, 3.8) is 0 Å². The molecule has 60 valence electrons. The van der Waals surface area contributed by atoms with Crippen LogP contribution < -0.4 is 16.0 Å². The van der Waals surface area contributed by atoms with E-state index in [1.54, 1.807) is 7.11 Å². The number of benzene rings is 1. The Balaban J connectivity index is 3.10. The van der Waals surface area contributed by atoms with E-state index >= 15 is 0 Å². The lowest BCUT2D eigenvalue weighted by atomic mass is 10.2. The lowest BCUT2D eigenvalue weighted by molar-refractivity contribution is 0.412. The number of methoxy groups -OCH3 is 1. The third kappa shape index (κ3) is 1.43. The molecular formula is C8H12N2O. The van der Waals surface area contributed by atoms with Crippen molar-refractivity contribution in [1.29, 1.82) is 0 Å². The Hall–Kier alpha value is -1.22. The maximum atomic E-state index is 5.27. The predicted octanol–water partition coefficient (Wildman–Crippen LogP) is 1.29. The average Bonchev–Trinajstić information content (AvgIpc) is 2.05. The minimum absolute atomic E-state index is 0.848. The first-order valence-corrected chi connectivity index (χ1v) is 3.40. The first-order valence-electron chi connectivity index (χ1n) is 3.40. The van der Waals surface area contributed by atoms with Crippen molar-refractivity contribution in [2.24, 2.45) is 5.84 Å². The molecule has 0 saturated carbocycles. The molecule has 0 aliphatic heterocycles. The third-order valence-electron chi connectivity index (χ3n) is 1.66. The Bertz CT molecular complexity index is 226. The highest BCUT2D eigenvalue weighted by Crippen LogP contribution is 2.23. The molecule has 0 aliphatic rings. The molecule has 1 aromatic carbocycles. The Kier molecular flexibility index (Phi) is 2.33. The highest BCUT2D eigenvalue weighted by Gasteiger charge is 2.00. The van der Waals surface area contributed by atoms with Crippen molar-refractivity contribution in [2.75, 3.05) is 12.5 Å². The molecule has 0 radical (unpaired) electrons. The van der Waals surface area contributed by atoms with Gasteiger partial charge in [-0.25, -0.2) is 0 Å². The van der Waals surface area contributed by atoms with Gasteiger partial charge in [-0.1, -0.05) is 6.07 Å². The SMILES string of the molecule is COc1cccc(NN)c1C. The van der Waals surface area contributed by atoms with Crippen LogP contribution in [0.15, 0.2) is 18.2 Å². The van der Waals surface area contributed by atoms with Gasteiger partial charge in [0.25, 0.3) is 0 Å². The zero-order valence-corrected chi connectivity index (χ0v) is 6.72. The second-order valence-electron chi connectivity index (χ2n) is 2.28. The molecule has 0 spiro atoms. The molecule has 0 aromatic heterocycles. The zero-order valence-electron chi connectivity index (χ0n) is 6.72. The molecule has 3 nitrogen and oxygen atoms in total. The molecule has 1 aromatic rings. The number of rotatable bonds is 2. The largest absolute Gasteiger partial charge is 0.496 e. The Morgan fingerprint density at radius 2 is 2.18 bits per heavy atom. The summed E-state index contributed by atoms with van der Waals surface area (Å²) in [6.45, 7) is 1.95. The van der Waals surface area contributed by atoms with Gasteiger partial charge in [0.15, 0.2) is 0 Å². The van der Waals surface area contributed by atoms with Gasteiger partial charge < -0.3 is 10.2 Å². The summed E-state index contributed by atoms with van der Waals surface area (Å²) in [7, 11) is 1.64. The zero-order chi connectivity index (χ0) is 8.27. The van der Waals surface area contributed by atoms with Crippen LogP contribution in [0, 0.1) is 6.92 Å². The molecule has 1 rings (SSSR count). The molecule has 3 heteroatoms. The average molecular weight is 152 g/mol. The van der Waals surface area contributed by atoms with Gasteiger partial charge in [0.05, 0.1) is 12.8 Å². The van der Waals surface area contributed by atoms with E-state index in [9.17, 15) is 0 Å². The molecule has 11 heavy (non-hydrogen) atoms. The second kappa shape index (κ2) is 3.25. The van der Waals surface area contributed by atoms with Crippen molar-refractivity contribution < 1.29 is 4.74 Å². The molecule has 0 bridgehead atoms. The van der Waals surface area contributed by atoms with Gasteiger partial charge >= 0.3 is 0 Å². The molecule has 0 fully saturated rings. The number of anilines is 1. The quantitative estimate of drug-likeness (QED) is 0.496. The number of hydrazine groups is 1. The summed E-state index contributed by atoms with van der Waals surface area (Å²) in [6.07, 6.45) is 0. The maximum absolute atomic E-state index is 5.27. The van der Waals surface area contributed by atoms with E-state index in [-0.39, 0.29) is 0 Å². The van der Waals surface area contributed by atoms with Crippen LogP contribution in [0.2, 0.25) is 0 Å². The maximum Gasteiger partial charge on any atom is 0.123 e. The van der Waals surface area contributed by atoms with Gasteiger partial charge in [0.1, 0.15) is 5.75 Å². The number of nitrogens with two attached hydrogens (primary N) is 1. The lowest BCUT2D eigenvalue weighted by Gasteiger charge is -2.08. The van der Waals surface area contributed by atoms with E-state index in [4.69, 9.17) is 10.6 Å². The van der Waals surface area contributed by atoms with Crippen LogP contribution in [-0.4, -0.2) is 7.11 Å². The molecule has 0 aliphatic carbocycles. The van der Waals surface area contributed by atoms with Crippen LogP contribution in [0.25, 0.3) is 0 Å². The summed E-state index contributed by atoms with van der Waals surface area (Å²) in [4.78, 5) is 0. The van der Waals surface area contributed by atoms with Crippen molar-refractivity contribution in [3.05, 3.63) is 23.8 Å². The number of ether oxygens (including phenoxy) is 1. The van der Waals surface area contributed by atoms with Gasteiger partial charge in [0, 0.05) is 5.56 Å². The summed E-state index contributed by atoms with van der Waals surface area (Å²) in [5, 5.41) is 0. The van der Waals surface area contributed by atoms with Crippen LogP contribution in [0.1, 0.15) is 5.56 Å². The fraction of sp³-hybridized carbons (Fsp3) is 0.250. The monoisotopic (exact) mass is 152 g/mol. The molecule has 3 N–H and O–H groups in total. The van der Waals surface area contributed by atoms with Crippen LogP contribution in [0.3, 0.4) is 0 Å². The first kappa shape index (κ1) is 7.88. The smallest absolute Gasteiger partial charge is 0.123 e. The van der Waals surface area contributed by atoms with E-state index in [0.717, 1.165) is 17.0 Å². The molecular weight excluding hydrogens is 140 g/mol. The Morgan fingerprint density at radius 1 is 1.45 bits per heavy atom. The first-order chi connectivity index (χ1) is 5.29. The number of hydrogen-bond donors (Lipinski definition) is 2. The Morgan fingerprint density at radius 3 is 2.73 bits per heavy atom. The predicted molar refractivity (Wildman–Crippen MR) is 45.5 cm³/mol. The fourth-order valence-electron chi connectivity index (χ4n) is 0.992. The van der Waals surface area contributed by atoms with Crippen molar-refractivity contribution in [3.8, 4) is 5.75 Å². The summed E-state index contributed by atoms with van der Waals surface area (Å²) in [5.74, 6) is 6.12. The number of nitrogens with one attached hydrogen (secondary N) is 1. The van der Waals surface area contributed by atoms with Gasteiger partial charge in [-0.2, -0.15) is 0 Å².